The van der Waals surface area contributed by atoms with Gasteiger partial charge in [-0.05, 0) is 78.5 Å². The molecule has 134 valence electrons. The molecule has 0 aliphatic carbocycles. The lowest BCUT2D eigenvalue weighted by atomic mass is 10.2. The first-order valence-corrected chi connectivity index (χ1v) is 9.23. The second kappa shape index (κ2) is 6.98. The average Bonchev–Trinajstić information content (AvgIpc) is 3.22. The van der Waals surface area contributed by atoms with Crippen LogP contribution in [0.2, 0.25) is 5.02 Å². The van der Waals surface area contributed by atoms with Gasteiger partial charge in [-0.15, -0.1) is 0 Å². The quantitative estimate of drug-likeness (QED) is 0.627. The molecule has 0 unspecified atom stereocenters. The molecule has 0 atom stereocenters. The maximum absolute atomic E-state index is 12.8. The number of hydrogen-bond donors (Lipinski definition) is 1. The van der Waals surface area contributed by atoms with E-state index in [4.69, 9.17) is 11.6 Å². The molecule has 2 aromatic carbocycles. The van der Waals surface area contributed by atoms with Gasteiger partial charge in [-0.3, -0.25) is 9.59 Å². The van der Waals surface area contributed by atoms with Gasteiger partial charge in [-0.25, -0.2) is 4.90 Å². The lowest BCUT2D eigenvalue weighted by Gasteiger charge is -2.12. The normalized spacial score (nSPS) is 15.7. The summed E-state index contributed by atoms with van der Waals surface area (Å²) in [6, 6.07) is 17.0. The van der Waals surface area contributed by atoms with Crippen LogP contribution in [0.4, 0.5) is 10.5 Å². The van der Waals surface area contributed by atoms with Gasteiger partial charge in [0.1, 0.15) is 5.75 Å². The number of phenols is 1. The maximum Gasteiger partial charge on any atom is 0.298 e. The lowest BCUT2D eigenvalue weighted by molar-refractivity contribution is -0.113. The monoisotopic (exact) mass is 396 g/mol. The molecule has 3 aromatic rings. The molecule has 1 aromatic heterocycles. The Hall–Kier alpha value is -2.96. The van der Waals surface area contributed by atoms with E-state index in [9.17, 15) is 14.7 Å². The molecule has 2 amide bonds. The number of rotatable bonds is 3. The number of halogens is 1. The van der Waals surface area contributed by atoms with E-state index in [-0.39, 0.29) is 16.9 Å². The van der Waals surface area contributed by atoms with Crippen molar-refractivity contribution in [1.82, 2.24) is 4.57 Å². The van der Waals surface area contributed by atoms with Crippen LogP contribution in [0.5, 0.6) is 5.75 Å². The first kappa shape index (κ1) is 17.5. The van der Waals surface area contributed by atoms with E-state index < -0.39 is 0 Å². The molecule has 0 saturated carbocycles. The van der Waals surface area contributed by atoms with Crippen molar-refractivity contribution >= 4 is 46.3 Å². The second-order valence-electron chi connectivity index (χ2n) is 5.81. The highest BCUT2D eigenvalue weighted by molar-refractivity contribution is 8.19. The summed E-state index contributed by atoms with van der Waals surface area (Å²) < 4.78 is 1.87. The van der Waals surface area contributed by atoms with Gasteiger partial charge in [0.15, 0.2) is 0 Å². The topological polar surface area (TPSA) is 62.5 Å². The SMILES string of the molecule is O=C1S/C(=C/c2cccn2-c2ccc(O)cc2)C(=O)N1c1ccc(Cl)cc1. The fraction of sp³-hybridized carbons (Fsp3) is 0. The van der Waals surface area contributed by atoms with Crippen molar-refractivity contribution in [2.45, 2.75) is 0 Å². The number of carbonyl (C=O) groups is 2. The summed E-state index contributed by atoms with van der Waals surface area (Å²) in [4.78, 5) is 26.6. The lowest BCUT2D eigenvalue weighted by Crippen LogP contribution is -2.27. The summed E-state index contributed by atoms with van der Waals surface area (Å²) >= 11 is 6.77. The van der Waals surface area contributed by atoms with Crippen molar-refractivity contribution in [1.29, 1.82) is 0 Å². The summed E-state index contributed by atoms with van der Waals surface area (Å²) in [5.41, 5.74) is 2.07. The second-order valence-corrected chi connectivity index (χ2v) is 7.24. The van der Waals surface area contributed by atoms with Crippen LogP contribution in [-0.2, 0) is 4.79 Å². The first-order valence-electron chi connectivity index (χ1n) is 8.03. The summed E-state index contributed by atoms with van der Waals surface area (Å²) in [7, 11) is 0. The van der Waals surface area contributed by atoms with E-state index in [0.717, 1.165) is 28.0 Å². The van der Waals surface area contributed by atoms with E-state index in [1.807, 2.05) is 22.9 Å². The molecule has 1 aliphatic rings. The molecule has 4 rings (SSSR count). The van der Waals surface area contributed by atoms with Gasteiger partial charge in [0.05, 0.1) is 10.6 Å². The van der Waals surface area contributed by atoms with Crippen molar-refractivity contribution in [3.8, 4) is 11.4 Å². The molecule has 1 fully saturated rings. The molecular formula is C20H13ClN2O3S. The molecule has 27 heavy (non-hydrogen) atoms. The molecule has 1 N–H and O–H groups in total. The van der Waals surface area contributed by atoms with Gasteiger partial charge in [0.25, 0.3) is 11.1 Å². The van der Waals surface area contributed by atoms with Gasteiger partial charge < -0.3 is 9.67 Å². The Morgan fingerprint density at radius 2 is 1.59 bits per heavy atom. The fourth-order valence-corrected chi connectivity index (χ4v) is 3.73. The molecular weight excluding hydrogens is 384 g/mol. The zero-order valence-corrected chi connectivity index (χ0v) is 15.4. The van der Waals surface area contributed by atoms with Gasteiger partial charge in [0, 0.05) is 22.6 Å². The molecule has 2 heterocycles. The number of aromatic nitrogens is 1. The van der Waals surface area contributed by atoms with Crippen molar-refractivity contribution in [3.63, 3.8) is 0 Å². The fourth-order valence-electron chi connectivity index (χ4n) is 2.77. The van der Waals surface area contributed by atoms with Crippen molar-refractivity contribution in [3.05, 3.63) is 82.5 Å². The van der Waals surface area contributed by atoms with Crippen LogP contribution in [0.3, 0.4) is 0 Å². The van der Waals surface area contributed by atoms with Gasteiger partial charge in [0.2, 0.25) is 0 Å². The molecule has 7 heteroatoms. The Morgan fingerprint density at radius 3 is 2.30 bits per heavy atom. The zero-order valence-electron chi connectivity index (χ0n) is 13.9. The number of imide groups is 1. The number of carbonyl (C=O) groups excluding carboxylic acids is 2. The highest BCUT2D eigenvalue weighted by Gasteiger charge is 2.36. The molecule has 0 spiro atoms. The third kappa shape index (κ3) is 3.37. The van der Waals surface area contributed by atoms with E-state index in [0.29, 0.717) is 15.6 Å². The largest absolute Gasteiger partial charge is 0.508 e. The van der Waals surface area contributed by atoms with Gasteiger partial charge >= 0.3 is 0 Å². The average molecular weight is 397 g/mol. The number of phenolic OH excluding ortho intramolecular Hbond substituents is 1. The number of aromatic hydroxyl groups is 1. The van der Waals surface area contributed by atoms with E-state index in [1.165, 1.54) is 0 Å². The van der Waals surface area contributed by atoms with Crippen LogP contribution in [-0.4, -0.2) is 20.8 Å². The van der Waals surface area contributed by atoms with Crippen LogP contribution in [0.15, 0.2) is 71.8 Å². The van der Waals surface area contributed by atoms with E-state index in [2.05, 4.69) is 0 Å². The van der Waals surface area contributed by atoms with Crippen molar-refractivity contribution in [2.75, 3.05) is 4.90 Å². The van der Waals surface area contributed by atoms with Crippen LogP contribution >= 0.6 is 23.4 Å². The number of thioether (sulfide) groups is 1. The maximum atomic E-state index is 12.8. The molecule has 1 saturated heterocycles. The third-order valence-corrected chi connectivity index (χ3v) is 5.19. The molecule has 5 nitrogen and oxygen atoms in total. The minimum Gasteiger partial charge on any atom is -0.508 e. The Balaban J connectivity index is 1.67. The number of amides is 2. The smallest absolute Gasteiger partial charge is 0.298 e. The molecule has 0 radical (unpaired) electrons. The van der Waals surface area contributed by atoms with Crippen LogP contribution in [0.1, 0.15) is 5.69 Å². The summed E-state index contributed by atoms with van der Waals surface area (Å²) in [6.07, 6.45) is 3.54. The van der Waals surface area contributed by atoms with E-state index >= 15 is 0 Å². The van der Waals surface area contributed by atoms with Gasteiger partial charge in [-0.1, -0.05) is 11.6 Å². The highest BCUT2D eigenvalue weighted by Crippen LogP contribution is 2.36. The number of benzene rings is 2. The third-order valence-electron chi connectivity index (χ3n) is 4.07. The van der Waals surface area contributed by atoms with Crippen LogP contribution < -0.4 is 4.90 Å². The van der Waals surface area contributed by atoms with E-state index in [1.54, 1.807) is 54.6 Å². The minimum absolute atomic E-state index is 0.177. The zero-order chi connectivity index (χ0) is 19.0. The van der Waals surface area contributed by atoms with Crippen molar-refractivity contribution in [2.24, 2.45) is 0 Å². The summed E-state index contributed by atoms with van der Waals surface area (Å²) in [5, 5.41) is 9.64. The van der Waals surface area contributed by atoms with Crippen LogP contribution in [0.25, 0.3) is 11.8 Å². The first-order chi connectivity index (χ1) is 13.0. The van der Waals surface area contributed by atoms with Gasteiger partial charge in [-0.2, -0.15) is 0 Å². The Labute approximate surface area is 164 Å². The standard InChI is InChI=1S/C20H13ClN2O3S/c21-13-3-5-15(6-4-13)23-19(25)18(27-20(23)26)12-16-2-1-11-22(16)14-7-9-17(24)10-8-14/h1-12,24H/b18-12+. The predicted octanol–water partition coefficient (Wildman–Crippen LogP) is 5.08. The minimum atomic E-state index is -0.370. The van der Waals surface area contributed by atoms with Crippen LogP contribution in [0, 0.1) is 0 Å². The highest BCUT2D eigenvalue weighted by atomic mass is 35.5. The predicted molar refractivity (Wildman–Crippen MR) is 107 cm³/mol. The van der Waals surface area contributed by atoms with Crippen molar-refractivity contribution < 1.29 is 14.7 Å². The molecule has 1 aliphatic heterocycles. The Bertz CT molecular complexity index is 1060. The summed E-state index contributed by atoms with van der Waals surface area (Å²) in [5.74, 6) is -0.192. The Morgan fingerprint density at radius 1 is 0.926 bits per heavy atom. The number of anilines is 1. The molecule has 0 bridgehead atoms. The summed E-state index contributed by atoms with van der Waals surface area (Å²) in [6.45, 7) is 0. The number of hydrogen-bond acceptors (Lipinski definition) is 4. The Kier molecular flexibility index (Phi) is 4.51. The number of nitrogens with zero attached hydrogens (tertiary/aromatic N) is 2.